The molecule has 1 aliphatic carbocycles. The smallest absolute Gasteiger partial charge is 0.191 e. The molecule has 1 aromatic rings. The van der Waals surface area contributed by atoms with Crippen LogP contribution in [-0.2, 0) is 22.6 Å². The summed E-state index contributed by atoms with van der Waals surface area (Å²) in [5, 5.41) is 7.02. The number of nitrogens with one attached hydrogen (secondary N) is 2. The van der Waals surface area contributed by atoms with Crippen molar-refractivity contribution in [3.05, 3.63) is 35.4 Å². The van der Waals surface area contributed by atoms with Gasteiger partial charge in [-0.1, -0.05) is 37.1 Å². The number of nitrogens with zero attached hydrogens (tertiary/aromatic N) is 1. The second-order valence-corrected chi connectivity index (χ2v) is 7.61. The quantitative estimate of drug-likeness (QED) is 0.318. The van der Waals surface area contributed by atoms with Crippen LogP contribution in [0.1, 0.15) is 64.0 Å². The third kappa shape index (κ3) is 7.44. The molecule has 0 aliphatic heterocycles. The lowest BCUT2D eigenvalue weighted by molar-refractivity contribution is 0.105. The van der Waals surface area contributed by atoms with Crippen molar-refractivity contribution in [3.63, 3.8) is 0 Å². The predicted octanol–water partition coefficient (Wildman–Crippen LogP) is 4.27. The van der Waals surface area contributed by atoms with E-state index in [2.05, 4.69) is 48.7 Å². The van der Waals surface area contributed by atoms with E-state index in [1.807, 2.05) is 6.92 Å². The first-order chi connectivity index (χ1) is 13.7. The first kappa shape index (κ1) is 22.7. The molecule has 0 saturated heterocycles. The van der Waals surface area contributed by atoms with Crippen LogP contribution in [0.4, 0.5) is 0 Å². The van der Waals surface area contributed by atoms with E-state index in [9.17, 15) is 0 Å². The fraction of sp³-hybridized carbons (Fsp3) is 0.696. The summed E-state index contributed by atoms with van der Waals surface area (Å²) in [6, 6.07) is 8.40. The Morgan fingerprint density at radius 1 is 1.00 bits per heavy atom. The lowest BCUT2D eigenvalue weighted by Crippen LogP contribution is -2.43. The van der Waals surface area contributed by atoms with Crippen LogP contribution >= 0.6 is 0 Å². The highest BCUT2D eigenvalue weighted by atomic mass is 16.5. The van der Waals surface area contributed by atoms with Crippen LogP contribution < -0.4 is 10.6 Å². The first-order valence-corrected chi connectivity index (χ1v) is 11.0. The van der Waals surface area contributed by atoms with Crippen molar-refractivity contribution in [3.8, 4) is 0 Å². The molecule has 2 N–H and O–H groups in total. The van der Waals surface area contributed by atoms with Gasteiger partial charge in [0, 0.05) is 32.9 Å². The standard InChI is InChI=1S/C23H39N3O2/c1-4-24-22(25-17-20-11-7-8-12-21(20)18-28-6-3)26-19-23(13-9-10-14-23)15-16-27-5-2/h7-8,11-12H,4-6,9-10,13-19H2,1-3H3,(H2,24,25,26). The monoisotopic (exact) mass is 389 g/mol. The van der Waals surface area contributed by atoms with Gasteiger partial charge >= 0.3 is 0 Å². The number of ether oxygens (including phenoxy) is 2. The van der Waals surface area contributed by atoms with E-state index >= 15 is 0 Å². The summed E-state index contributed by atoms with van der Waals surface area (Å²) >= 11 is 0. The van der Waals surface area contributed by atoms with Gasteiger partial charge in [0.05, 0.1) is 13.2 Å². The van der Waals surface area contributed by atoms with Crippen LogP contribution in [0.2, 0.25) is 0 Å². The fourth-order valence-electron chi connectivity index (χ4n) is 3.91. The van der Waals surface area contributed by atoms with E-state index in [4.69, 9.17) is 14.5 Å². The zero-order valence-electron chi connectivity index (χ0n) is 18.1. The highest BCUT2D eigenvalue weighted by molar-refractivity contribution is 5.79. The summed E-state index contributed by atoms with van der Waals surface area (Å²) in [6.45, 7) is 11.7. The van der Waals surface area contributed by atoms with E-state index in [0.717, 1.165) is 45.3 Å². The van der Waals surface area contributed by atoms with Gasteiger partial charge in [-0.25, -0.2) is 4.99 Å². The van der Waals surface area contributed by atoms with Gasteiger partial charge in [-0.3, -0.25) is 0 Å². The van der Waals surface area contributed by atoms with Crippen molar-refractivity contribution < 1.29 is 9.47 Å². The van der Waals surface area contributed by atoms with E-state index < -0.39 is 0 Å². The number of guanidine groups is 1. The van der Waals surface area contributed by atoms with Crippen molar-refractivity contribution in [2.75, 3.05) is 32.9 Å². The second kappa shape index (κ2) is 12.8. The van der Waals surface area contributed by atoms with Gasteiger partial charge in [-0.05, 0) is 56.6 Å². The molecule has 28 heavy (non-hydrogen) atoms. The SMILES string of the molecule is CCNC(=NCc1ccccc1COCC)NCC1(CCOCC)CCCC1. The molecule has 0 spiro atoms. The van der Waals surface area contributed by atoms with E-state index in [1.54, 1.807) is 0 Å². The maximum absolute atomic E-state index is 5.64. The molecular weight excluding hydrogens is 350 g/mol. The third-order valence-corrected chi connectivity index (χ3v) is 5.61. The lowest BCUT2D eigenvalue weighted by atomic mass is 9.83. The van der Waals surface area contributed by atoms with Crippen LogP contribution in [0.5, 0.6) is 0 Å². The normalized spacial score (nSPS) is 16.3. The second-order valence-electron chi connectivity index (χ2n) is 7.61. The lowest BCUT2D eigenvalue weighted by Gasteiger charge is -2.30. The highest BCUT2D eigenvalue weighted by Crippen LogP contribution is 2.40. The van der Waals surface area contributed by atoms with Crippen molar-refractivity contribution in [1.82, 2.24) is 10.6 Å². The van der Waals surface area contributed by atoms with Gasteiger partial charge in [0.1, 0.15) is 0 Å². The molecule has 0 radical (unpaired) electrons. The summed E-state index contributed by atoms with van der Waals surface area (Å²) in [6.07, 6.45) is 6.34. The van der Waals surface area contributed by atoms with E-state index in [1.165, 1.54) is 36.8 Å². The van der Waals surface area contributed by atoms with Crippen LogP contribution in [0.15, 0.2) is 29.3 Å². The summed E-state index contributed by atoms with van der Waals surface area (Å²) in [7, 11) is 0. The Morgan fingerprint density at radius 3 is 2.39 bits per heavy atom. The molecule has 5 nitrogen and oxygen atoms in total. The number of aliphatic imine (C=N–C) groups is 1. The minimum absolute atomic E-state index is 0.345. The Labute approximate surface area is 171 Å². The minimum Gasteiger partial charge on any atom is -0.382 e. The number of hydrogen-bond donors (Lipinski definition) is 2. The van der Waals surface area contributed by atoms with Gasteiger partial charge in [-0.2, -0.15) is 0 Å². The van der Waals surface area contributed by atoms with Gasteiger partial charge < -0.3 is 20.1 Å². The zero-order chi connectivity index (χ0) is 20.1. The minimum atomic E-state index is 0.345. The van der Waals surface area contributed by atoms with Gasteiger partial charge in [-0.15, -0.1) is 0 Å². The number of benzene rings is 1. The van der Waals surface area contributed by atoms with Crippen molar-refractivity contribution in [2.45, 2.75) is 66.0 Å². The molecule has 0 heterocycles. The average molecular weight is 390 g/mol. The van der Waals surface area contributed by atoms with Crippen molar-refractivity contribution >= 4 is 5.96 Å². The zero-order valence-corrected chi connectivity index (χ0v) is 18.1. The maximum atomic E-state index is 5.64. The summed E-state index contributed by atoms with van der Waals surface area (Å²) < 4.78 is 11.2. The highest BCUT2D eigenvalue weighted by Gasteiger charge is 2.33. The van der Waals surface area contributed by atoms with Crippen LogP contribution in [0.25, 0.3) is 0 Å². The molecule has 0 unspecified atom stereocenters. The number of rotatable bonds is 12. The Hall–Kier alpha value is -1.59. The Balaban J connectivity index is 1.98. The van der Waals surface area contributed by atoms with Crippen LogP contribution in [-0.4, -0.2) is 38.9 Å². The molecule has 1 aliphatic rings. The van der Waals surface area contributed by atoms with Gasteiger partial charge in [0.2, 0.25) is 0 Å². The maximum Gasteiger partial charge on any atom is 0.191 e. The molecule has 2 rings (SSSR count). The van der Waals surface area contributed by atoms with E-state index in [-0.39, 0.29) is 0 Å². The summed E-state index contributed by atoms with van der Waals surface area (Å²) in [4.78, 5) is 4.85. The van der Waals surface area contributed by atoms with Gasteiger partial charge in [0.25, 0.3) is 0 Å². The Morgan fingerprint density at radius 2 is 1.71 bits per heavy atom. The molecule has 1 fully saturated rings. The molecule has 5 heteroatoms. The fourth-order valence-corrected chi connectivity index (χ4v) is 3.91. The van der Waals surface area contributed by atoms with E-state index in [0.29, 0.717) is 18.6 Å². The molecule has 0 amide bonds. The topological polar surface area (TPSA) is 54.9 Å². The Bertz CT molecular complexity index is 583. The van der Waals surface area contributed by atoms with Crippen molar-refractivity contribution in [2.24, 2.45) is 10.4 Å². The average Bonchev–Trinajstić information content (AvgIpc) is 3.18. The van der Waals surface area contributed by atoms with Gasteiger partial charge in [0.15, 0.2) is 5.96 Å². The molecule has 0 atom stereocenters. The Kier molecular flexibility index (Phi) is 10.4. The predicted molar refractivity (Wildman–Crippen MR) is 117 cm³/mol. The molecule has 0 aromatic heterocycles. The molecule has 158 valence electrons. The third-order valence-electron chi connectivity index (χ3n) is 5.61. The largest absolute Gasteiger partial charge is 0.382 e. The van der Waals surface area contributed by atoms with Crippen molar-refractivity contribution in [1.29, 1.82) is 0 Å². The van der Waals surface area contributed by atoms with Crippen LogP contribution in [0, 0.1) is 5.41 Å². The molecule has 0 bridgehead atoms. The molecule has 1 aromatic carbocycles. The number of hydrogen-bond acceptors (Lipinski definition) is 3. The summed E-state index contributed by atoms with van der Waals surface area (Å²) in [5.41, 5.74) is 2.78. The summed E-state index contributed by atoms with van der Waals surface area (Å²) in [5.74, 6) is 0.899. The molecular formula is C23H39N3O2. The molecule has 1 saturated carbocycles. The van der Waals surface area contributed by atoms with Crippen LogP contribution in [0.3, 0.4) is 0 Å². The first-order valence-electron chi connectivity index (χ1n) is 11.0.